The highest BCUT2D eigenvalue weighted by Gasteiger charge is 2.25. The standard InChI is InChI=1S/C10H13N5O2S/c16-18(17,14-5-1-2-6-14)13-9-7-11-10-3-4-12-15(10)8-9/h3-4,7-8,13H,1-2,5-6H2. The minimum Gasteiger partial charge on any atom is -0.268 e. The molecule has 1 fully saturated rings. The van der Waals surface area contributed by atoms with Gasteiger partial charge < -0.3 is 0 Å². The quantitative estimate of drug-likeness (QED) is 0.877. The molecule has 96 valence electrons. The minimum absolute atomic E-state index is 0.415. The molecule has 0 saturated carbocycles. The van der Waals surface area contributed by atoms with Crippen LogP contribution in [-0.4, -0.2) is 40.4 Å². The fraction of sp³-hybridized carbons (Fsp3) is 0.400. The molecular formula is C10H13N5O2S. The molecule has 0 unspecified atom stereocenters. The second-order valence-electron chi connectivity index (χ2n) is 4.19. The molecule has 0 bridgehead atoms. The van der Waals surface area contributed by atoms with E-state index < -0.39 is 10.2 Å². The maximum Gasteiger partial charge on any atom is 0.301 e. The van der Waals surface area contributed by atoms with Gasteiger partial charge in [0.05, 0.1) is 24.3 Å². The summed E-state index contributed by atoms with van der Waals surface area (Å²) in [5.41, 5.74) is 1.09. The number of hydrogen-bond acceptors (Lipinski definition) is 4. The van der Waals surface area contributed by atoms with Gasteiger partial charge in [0.2, 0.25) is 0 Å². The number of anilines is 1. The Morgan fingerprint density at radius 2 is 2.06 bits per heavy atom. The van der Waals surface area contributed by atoms with Crippen molar-refractivity contribution in [1.82, 2.24) is 18.9 Å². The Morgan fingerprint density at radius 3 is 2.83 bits per heavy atom. The van der Waals surface area contributed by atoms with Crippen LogP contribution in [-0.2, 0) is 10.2 Å². The Kier molecular flexibility index (Phi) is 2.67. The molecule has 1 saturated heterocycles. The highest BCUT2D eigenvalue weighted by atomic mass is 32.2. The highest BCUT2D eigenvalue weighted by Crippen LogP contribution is 2.16. The molecule has 3 heterocycles. The van der Waals surface area contributed by atoms with Crippen molar-refractivity contribution < 1.29 is 8.42 Å². The second kappa shape index (κ2) is 4.21. The molecule has 7 nitrogen and oxygen atoms in total. The molecule has 0 radical (unpaired) electrons. The first kappa shape index (κ1) is 11.4. The summed E-state index contributed by atoms with van der Waals surface area (Å²) in [6.45, 7) is 1.15. The normalized spacial score (nSPS) is 17.3. The van der Waals surface area contributed by atoms with Crippen molar-refractivity contribution in [2.75, 3.05) is 17.8 Å². The van der Waals surface area contributed by atoms with Gasteiger partial charge in [0.25, 0.3) is 0 Å². The summed E-state index contributed by atoms with van der Waals surface area (Å²) in [6.07, 6.45) is 6.54. The maximum absolute atomic E-state index is 12.0. The maximum atomic E-state index is 12.0. The molecule has 0 aromatic carbocycles. The second-order valence-corrected chi connectivity index (χ2v) is 5.86. The minimum atomic E-state index is -3.46. The summed E-state index contributed by atoms with van der Waals surface area (Å²) >= 11 is 0. The van der Waals surface area contributed by atoms with Crippen LogP contribution >= 0.6 is 0 Å². The van der Waals surface area contributed by atoms with Gasteiger partial charge in [0.1, 0.15) is 0 Å². The summed E-state index contributed by atoms with van der Waals surface area (Å²) in [5, 5.41) is 4.01. The average Bonchev–Trinajstić information content (AvgIpc) is 2.99. The molecule has 1 N–H and O–H groups in total. The molecule has 1 aliphatic heterocycles. The van der Waals surface area contributed by atoms with Crippen LogP contribution in [0.25, 0.3) is 5.65 Å². The molecule has 0 spiro atoms. The van der Waals surface area contributed by atoms with E-state index in [2.05, 4.69) is 14.8 Å². The van der Waals surface area contributed by atoms with E-state index in [0.717, 1.165) is 12.8 Å². The number of aromatic nitrogens is 3. The van der Waals surface area contributed by atoms with Crippen molar-refractivity contribution in [3.63, 3.8) is 0 Å². The zero-order valence-electron chi connectivity index (χ0n) is 9.65. The Balaban J connectivity index is 1.86. The van der Waals surface area contributed by atoms with Crippen molar-refractivity contribution in [1.29, 1.82) is 0 Å². The molecule has 0 amide bonds. The van der Waals surface area contributed by atoms with Gasteiger partial charge in [-0.15, -0.1) is 0 Å². The molecule has 2 aromatic rings. The van der Waals surface area contributed by atoms with E-state index in [-0.39, 0.29) is 0 Å². The molecular weight excluding hydrogens is 254 g/mol. The van der Waals surface area contributed by atoms with Crippen molar-refractivity contribution in [2.24, 2.45) is 0 Å². The van der Waals surface area contributed by atoms with Gasteiger partial charge in [-0.1, -0.05) is 0 Å². The van der Waals surface area contributed by atoms with E-state index in [1.54, 1.807) is 18.5 Å². The lowest BCUT2D eigenvalue weighted by Crippen LogP contribution is -2.33. The van der Waals surface area contributed by atoms with Crippen LogP contribution in [0.5, 0.6) is 0 Å². The molecule has 3 rings (SSSR count). The Labute approximate surface area is 105 Å². The predicted molar refractivity (Wildman–Crippen MR) is 66.3 cm³/mol. The summed E-state index contributed by atoms with van der Waals surface area (Å²) < 4.78 is 29.6. The lowest BCUT2D eigenvalue weighted by atomic mass is 10.4. The summed E-state index contributed by atoms with van der Waals surface area (Å²) in [4.78, 5) is 4.11. The van der Waals surface area contributed by atoms with Gasteiger partial charge in [-0.05, 0) is 12.8 Å². The lowest BCUT2D eigenvalue weighted by molar-refractivity contribution is 0.482. The van der Waals surface area contributed by atoms with Crippen molar-refractivity contribution in [3.8, 4) is 0 Å². The number of hydrogen-bond donors (Lipinski definition) is 1. The van der Waals surface area contributed by atoms with Crippen molar-refractivity contribution >= 4 is 21.5 Å². The molecule has 8 heteroatoms. The zero-order chi connectivity index (χ0) is 12.6. The third-order valence-electron chi connectivity index (χ3n) is 2.90. The predicted octanol–water partition coefficient (Wildman–Crippen LogP) is 0.482. The van der Waals surface area contributed by atoms with E-state index >= 15 is 0 Å². The van der Waals surface area contributed by atoms with Gasteiger partial charge in [-0.2, -0.15) is 17.8 Å². The number of rotatable bonds is 3. The molecule has 2 aromatic heterocycles. The van der Waals surface area contributed by atoms with Crippen LogP contribution < -0.4 is 4.72 Å². The molecule has 0 aliphatic carbocycles. The first-order valence-electron chi connectivity index (χ1n) is 5.72. The summed E-state index contributed by atoms with van der Waals surface area (Å²) in [7, 11) is -3.46. The van der Waals surface area contributed by atoms with Gasteiger partial charge in [-0.3, -0.25) is 4.72 Å². The zero-order valence-corrected chi connectivity index (χ0v) is 10.5. The first-order chi connectivity index (χ1) is 8.65. The Bertz CT molecular complexity index is 660. The summed E-state index contributed by atoms with van der Waals surface area (Å²) in [5.74, 6) is 0. The van der Waals surface area contributed by atoms with E-state index in [9.17, 15) is 8.42 Å². The third kappa shape index (κ3) is 2.04. The molecule has 1 aliphatic rings. The number of fused-ring (bicyclic) bond motifs is 1. The van der Waals surface area contributed by atoms with Crippen LogP contribution in [0.2, 0.25) is 0 Å². The van der Waals surface area contributed by atoms with Crippen molar-refractivity contribution in [3.05, 3.63) is 24.7 Å². The average molecular weight is 267 g/mol. The number of nitrogens with one attached hydrogen (secondary N) is 1. The van der Waals surface area contributed by atoms with Gasteiger partial charge >= 0.3 is 10.2 Å². The van der Waals surface area contributed by atoms with Gasteiger partial charge in [-0.25, -0.2) is 9.50 Å². The Morgan fingerprint density at radius 1 is 1.28 bits per heavy atom. The smallest absolute Gasteiger partial charge is 0.268 e. The van der Waals surface area contributed by atoms with Crippen LogP contribution in [0, 0.1) is 0 Å². The molecule has 18 heavy (non-hydrogen) atoms. The topological polar surface area (TPSA) is 79.6 Å². The SMILES string of the molecule is O=S(=O)(Nc1cnc2ccnn2c1)N1CCCC1. The van der Waals surface area contributed by atoms with E-state index in [0.29, 0.717) is 24.4 Å². The highest BCUT2D eigenvalue weighted by molar-refractivity contribution is 7.90. The molecule has 0 atom stereocenters. The summed E-state index contributed by atoms with van der Waals surface area (Å²) in [6, 6.07) is 1.75. The van der Waals surface area contributed by atoms with E-state index in [4.69, 9.17) is 0 Å². The largest absolute Gasteiger partial charge is 0.301 e. The van der Waals surface area contributed by atoms with E-state index in [1.165, 1.54) is 15.0 Å². The first-order valence-corrected chi connectivity index (χ1v) is 7.16. The monoisotopic (exact) mass is 267 g/mol. The fourth-order valence-corrected chi connectivity index (χ4v) is 3.28. The van der Waals surface area contributed by atoms with Gasteiger partial charge in [0.15, 0.2) is 5.65 Å². The lowest BCUT2D eigenvalue weighted by Gasteiger charge is -2.16. The van der Waals surface area contributed by atoms with Gasteiger partial charge in [0, 0.05) is 19.2 Å². The fourth-order valence-electron chi connectivity index (χ4n) is 2.00. The van der Waals surface area contributed by atoms with Crippen LogP contribution in [0.15, 0.2) is 24.7 Å². The van der Waals surface area contributed by atoms with Crippen molar-refractivity contribution in [2.45, 2.75) is 12.8 Å². The Hall–Kier alpha value is -1.67. The number of nitrogens with zero attached hydrogens (tertiary/aromatic N) is 4. The van der Waals surface area contributed by atoms with Crippen LogP contribution in [0.4, 0.5) is 5.69 Å². The van der Waals surface area contributed by atoms with Crippen LogP contribution in [0.1, 0.15) is 12.8 Å². The third-order valence-corrected chi connectivity index (χ3v) is 4.44. The van der Waals surface area contributed by atoms with Crippen LogP contribution in [0.3, 0.4) is 0 Å². The van der Waals surface area contributed by atoms with E-state index in [1.807, 2.05) is 0 Å².